The molecule has 0 amide bonds. The molecule has 5 nitrogen and oxygen atoms in total. The minimum atomic E-state index is 0. The van der Waals surface area contributed by atoms with Crippen LogP contribution in [0.1, 0.15) is 70.0 Å². The van der Waals surface area contributed by atoms with Crippen LogP contribution in [0.15, 0.2) is 18.5 Å². The van der Waals surface area contributed by atoms with Crippen molar-refractivity contribution in [3.05, 3.63) is 24.3 Å². The summed E-state index contributed by atoms with van der Waals surface area (Å²) in [7, 11) is 0. The molecule has 4 bridgehead atoms. The number of nitrogens with one attached hydrogen (secondary N) is 2. The zero-order chi connectivity index (χ0) is 17.3. The van der Waals surface area contributed by atoms with E-state index in [1.807, 2.05) is 12.4 Å². The molecule has 2 aromatic rings. The summed E-state index contributed by atoms with van der Waals surface area (Å²) in [6.45, 7) is 2.37. The van der Waals surface area contributed by atoms with E-state index in [1.165, 1.54) is 51.4 Å². The van der Waals surface area contributed by atoms with Gasteiger partial charge in [-0.05, 0) is 87.5 Å². The lowest BCUT2D eigenvalue weighted by Gasteiger charge is -2.61. The van der Waals surface area contributed by atoms with Gasteiger partial charge in [0.2, 0.25) is 0 Å². The smallest absolute Gasteiger partial charge is 0.132 e. The Morgan fingerprint density at radius 2 is 1.68 bits per heavy atom. The van der Waals surface area contributed by atoms with Crippen LogP contribution in [0.3, 0.4) is 0 Å². The summed E-state index contributed by atoms with van der Waals surface area (Å²) < 4.78 is 0. The number of rotatable bonds is 2. The van der Waals surface area contributed by atoms with Gasteiger partial charge in [0.05, 0.1) is 17.2 Å². The Morgan fingerprint density at radius 1 is 1.00 bits per heavy atom. The van der Waals surface area contributed by atoms with Gasteiger partial charge in [-0.25, -0.2) is 9.97 Å². The molecule has 1 aliphatic heterocycles. The molecule has 4 aliphatic carbocycles. The second-order valence-corrected chi connectivity index (χ2v) is 10.1. The fraction of sp³-hybridized carbons (Fsp3) is 0.727. The Kier molecular flexibility index (Phi) is 5.22. The molecule has 3 unspecified atom stereocenters. The number of H-pyrrole nitrogens is 1. The third-order valence-electron chi connectivity index (χ3n) is 8.15. The SMILES string of the molecule is CC1CC(c2ncc3[nH]ccc3n2)CC(C23CC4CC(CC(C4)C2)C3)N1.Cl.O. The van der Waals surface area contributed by atoms with Gasteiger partial charge in [0.25, 0.3) is 0 Å². The normalized spacial score (nSPS) is 41.5. The molecule has 6 heteroatoms. The van der Waals surface area contributed by atoms with Gasteiger partial charge in [-0.2, -0.15) is 0 Å². The number of halogens is 1. The highest BCUT2D eigenvalue weighted by molar-refractivity contribution is 5.85. The summed E-state index contributed by atoms with van der Waals surface area (Å²) >= 11 is 0. The monoisotopic (exact) mass is 404 g/mol. The number of hydrogen-bond acceptors (Lipinski definition) is 3. The maximum Gasteiger partial charge on any atom is 0.132 e. The van der Waals surface area contributed by atoms with E-state index in [0.29, 0.717) is 23.4 Å². The largest absolute Gasteiger partial charge is 0.412 e. The van der Waals surface area contributed by atoms with E-state index in [0.717, 1.165) is 34.6 Å². The van der Waals surface area contributed by atoms with E-state index in [-0.39, 0.29) is 17.9 Å². The van der Waals surface area contributed by atoms with Crippen molar-refractivity contribution in [3.8, 4) is 0 Å². The Hall–Kier alpha value is -1.17. The van der Waals surface area contributed by atoms with E-state index in [2.05, 4.69) is 23.3 Å². The first-order valence-electron chi connectivity index (χ1n) is 10.7. The van der Waals surface area contributed by atoms with Crippen molar-refractivity contribution in [2.24, 2.45) is 23.2 Å². The number of piperidine rings is 1. The van der Waals surface area contributed by atoms with Gasteiger partial charge in [0, 0.05) is 24.2 Å². The molecular weight excluding hydrogens is 372 g/mol. The van der Waals surface area contributed by atoms with Crippen molar-refractivity contribution < 1.29 is 5.48 Å². The van der Waals surface area contributed by atoms with Crippen molar-refractivity contribution in [2.75, 3.05) is 0 Å². The average molecular weight is 405 g/mol. The molecule has 0 aromatic carbocycles. The van der Waals surface area contributed by atoms with Crippen LogP contribution in [0.25, 0.3) is 11.0 Å². The van der Waals surface area contributed by atoms with Gasteiger partial charge in [-0.15, -0.1) is 12.4 Å². The summed E-state index contributed by atoms with van der Waals surface area (Å²) in [6, 6.07) is 3.30. The minimum Gasteiger partial charge on any atom is -0.412 e. The van der Waals surface area contributed by atoms with Gasteiger partial charge >= 0.3 is 0 Å². The zero-order valence-electron chi connectivity index (χ0n) is 16.7. The van der Waals surface area contributed by atoms with E-state index in [4.69, 9.17) is 9.97 Å². The fourth-order valence-corrected chi connectivity index (χ4v) is 7.58. The first-order chi connectivity index (χ1) is 12.7. The minimum absolute atomic E-state index is 0. The second kappa shape index (κ2) is 7.26. The van der Waals surface area contributed by atoms with Gasteiger partial charge in [-0.3, -0.25) is 0 Å². The molecule has 5 aliphatic rings. The maximum absolute atomic E-state index is 4.90. The van der Waals surface area contributed by atoms with Gasteiger partial charge in [-0.1, -0.05) is 0 Å². The van der Waals surface area contributed by atoms with Crippen LogP contribution >= 0.6 is 12.4 Å². The van der Waals surface area contributed by atoms with Crippen molar-refractivity contribution >= 4 is 23.4 Å². The van der Waals surface area contributed by atoms with Crippen molar-refractivity contribution in [1.82, 2.24) is 20.3 Å². The van der Waals surface area contributed by atoms with E-state index >= 15 is 0 Å². The molecule has 1 saturated heterocycles. The highest BCUT2D eigenvalue weighted by atomic mass is 35.5. The Balaban J connectivity index is 0.000000961. The van der Waals surface area contributed by atoms with E-state index in [9.17, 15) is 0 Å². The molecular formula is C22H33ClN4O. The molecule has 154 valence electrons. The van der Waals surface area contributed by atoms with Crippen LogP contribution in [0.4, 0.5) is 0 Å². The molecule has 0 radical (unpaired) electrons. The van der Waals surface area contributed by atoms with Crippen LogP contribution in [-0.4, -0.2) is 32.5 Å². The topological polar surface area (TPSA) is 85.1 Å². The zero-order valence-corrected chi connectivity index (χ0v) is 17.5. The van der Waals surface area contributed by atoms with E-state index in [1.54, 1.807) is 0 Å². The third kappa shape index (κ3) is 3.16. The molecule has 2 aromatic heterocycles. The Morgan fingerprint density at radius 3 is 2.36 bits per heavy atom. The number of hydrogen-bond donors (Lipinski definition) is 2. The maximum atomic E-state index is 4.90. The Labute approximate surface area is 173 Å². The molecule has 0 spiro atoms. The first-order valence-corrected chi connectivity index (χ1v) is 10.7. The molecule has 5 fully saturated rings. The fourth-order valence-electron chi connectivity index (χ4n) is 7.58. The summed E-state index contributed by atoms with van der Waals surface area (Å²) in [5.41, 5.74) is 2.68. The van der Waals surface area contributed by atoms with Crippen LogP contribution in [0, 0.1) is 23.2 Å². The van der Waals surface area contributed by atoms with Crippen molar-refractivity contribution in [3.63, 3.8) is 0 Å². The quantitative estimate of drug-likeness (QED) is 0.793. The van der Waals surface area contributed by atoms with Gasteiger partial charge in [0.1, 0.15) is 5.82 Å². The molecule has 4 saturated carbocycles. The molecule has 3 heterocycles. The second-order valence-electron chi connectivity index (χ2n) is 10.1. The summed E-state index contributed by atoms with van der Waals surface area (Å²) in [6.07, 6.45) is 15.4. The highest BCUT2D eigenvalue weighted by Crippen LogP contribution is 2.62. The Bertz CT molecular complexity index is 802. The van der Waals surface area contributed by atoms with Crippen molar-refractivity contribution in [1.29, 1.82) is 0 Å². The summed E-state index contributed by atoms with van der Waals surface area (Å²) in [5, 5.41) is 4.04. The lowest BCUT2D eigenvalue weighted by molar-refractivity contribution is -0.0823. The van der Waals surface area contributed by atoms with Crippen LogP contribution in [0.5, 0.6) is 0 Å². The number of fused-ring (bicyclic) bond motifs is 1. The summed E-state index contributed by atoms with van der Waals surface area (Å²) in [4.78, 5) is 12.9. The van der Waals surface area contributed by atoms with Crippen LogP contribution in [0.2, 0.25) is 0 Å². The summed E-state index contributed by atoms with van der Waals surface area (Å²) in [5.74, 6) is 4.63. The highest BCUT2D eigenvalue weighted by Gasteiger charge is 2.55. The van der Waals surface area contributed by atoms with E-state index < -0.39 is 0 Å². The van der Waals surface area contributed by atoms with Gasteiger partial charge in [0.15, 0.2) is 0 Å². The predicted octanol–water partition coefficient (Wildman–Crippen LogP) is 4.00. The first kappa shape index (κ1) is 20.1. The number of aromatic amines is 1. The number of nitrogens with zero attached hydrogens (tertiary/aromatic N) is 2. The van der Waals surface area contributed by atoms with Crippen LogP contribution < -0.4 is 5.32 Å². The van der Waals surface area contributed by atoms with Crippen molar-refractivity contribution in [2.45, 2.75) is 76.3 Å². The lowest BCUT2D eigenvalue weighted by atomic mass is 9.47. The van der Waals surface area contributed by atoms with Gasteiger partial charge < -0.3 is 15.8 Å². The predicted molar refractivity (Wildman–Crippen MR) is 114 cm³/mol. The molecule has 4 N–H and O–H groups in total. The average Bonchev–Trinajstić information content (AvgIpc) is 3.08. The standard InChI is InChI=1S/C22H30N4.ClH.H2O/c1-13-4-17(21-24-12-19-18(26-21)2-3-23-19)8-20(25-13)22-9-14-5-15(10-22)7-16(6-14)11-22;;/h2-3,12-17,20,23,25H,4-11H2,1H3;1H;1H2. The lowest BCUT2D eigenvalue weighted by Crippen LogP contribution is -2.59. The third-order valence-corrected chi connectivity index (χ3v) is 8.15. The molecule has 28 heavy (non-hydrogen) atoms. The van der Waals surface area contributed by atoms with Crippen LogP contribution in [-0.2, 0) is 0 Å². The molecule has 7 rings (SSSR count). The molecule has 3 atom stereocenters. The number of aromatic nitrogens is 3.